The zero-order valence-corrected chi connectivity index (χ0v) is 19.4. The van der Waals surface area contributed by atoms with Crippen LogP contribution in [0.2, 0.25) is 0 Å². The van der Waals surface area contributed by atoms with E-state index >= 15 is 0 Å². The van der Waals surface area contributed by atoms with Crippen LogP contribution in [0.15, 0.2) is 55.0 Å². The number of fused-ring (bicyclic) bond motifs is 2. The van der Waals surface area contributed by atoms with E-state index in [2.05, 4.69) is 31.8 Å². The number of carboxylic acids is 1. The first kappa shape index (κ1) is 25.5. The van der Waals surface area contributed by atoms with Crippen LogP contribution in [0.3, 0.4) is 0 Å². The van der Waals surface area contributed by atoms with Crippen molar-refractivity contribution < 1.29 is 28.2 Å². The second kappa shape index (κ2) is 9.83. The third kappa shape index (κ3) is 5.49. The second-order valence-electron chi connectivity index (χ2n) is 8.29. The molecule has 0 radical (unpaired) electrons. The minimum absolute atomic E-state index is 0.379. The van der Waals surface area contributed by atoms with Crippen molar-refractivity contribution in [2.24, 2.45) is 0 Å². The van der Waals surface area contributed by atoms with E-state index in [0.717, 1.165) is 34.1 Å². The minimum atomic E-state index is -5.08. The molecule has 4 aromatic rings. The molecular formula is C26H20F3N5O3. The van der Waals surface area contributed by atoms with Crippen LogP contribution in [0.1, 0.15) is 28.8 Å². The summed E-state index contributed by atoms with van der Waals surface area (Å²) in [5, 5.41) is 19.0. The summed E-state index contributed by atoms with van der Waals surface area (Å²) in [6, 6.07) is 11.5. The number of aliphatic hydroxyl groups is 1. The first-order valence-corrected chi connectivity index (χ1v) is 11.0. The number of aliphatic carboxylic acids is 1. The molecule has 0 spiro atoms. The first-order valence-electron chi connectivity index (χ1n) is 11.0. The third-order valence-electron chi connectivity index (χ3n) is 5.67. The lowest BCUT2D eigenvalue weighted by Gasteiger charge is -2.15. The van der Waals surface area contributed by atoms with Crippen LogP contribution in [-0.4, -0.2) is 42.3 Å². The van der Waals surface area contributed by atoms with Gasteiger partial charge in [-0.15, -0.1) is 0 Å². The zero-order chi connectivity index (χ0) is 26.8. The molecule has 0 aliphatic heterocycles. The van der Waals surface area contributed by atoms with Crippen LogP contribution < -0.4 is 5.73 Å². The molecule has 0 fully saturated rings. The molecule has 1 atom stereocenters. The molecule has 3 heterocycles. The van der Waals surface area contributed by atoms with Crippen molar-refractivity contribution in [2.45, 2.75) is 31.5 Å². The van der Waals surface area contributed by atoms with Gasteiger partial charge in [-0.2, -0.15) is 13.2 Å². The Morgan fingerprint density at radius 3 is 2.62 bits per heavy atom. The van der Waals surface area contributed by atoms with Crippen molar-refractivity contribution in [1.82, 2.24) is 19.9 Å². The van der Waals surface area contributed by atoms with Crippen LogP contribution >= 0.6 is 0 Å². The molecule has 3 aromatic heterocycles. The van der Waals surface area contributed by atoms with Crippen molar-refractivity contribution in [1.29, 1.82) is 0 Å². The van der Waals surface area contributed by atoms with Gasteiger partial charge in [0.05, 0.1) is 5.69 Å². The maximum atomic E-state index is 11.0. The standard InChI is InChI=1S/C24H19N5O.C2HF3O2/c1-15-13-27-22(25)20-19(15)14-28-23(29-20)18-5-2-4-16(12-18)7-9-24(30)10-8-17-6-3-11-26-21(17)24;3-2(4,5)1(6)7/h2-6,11-14,30H,8,10H2,1H3,(H2,25,27);(H,6,7)/t24-;/m0./s1. The van der Waals surface area contributed by atoms with Gasteiger partial charge in [0, 0.05) is 35.1 Å². The van der Waals surface area contributed by atoms with Gasteiger partial charge < -0.3 is 15.9 Å². The Bertz CT molecular complexity index is 1560. The summed E-state index contributed by atoms with van der Waals surface area (Å²) in [4.78, 5) is 26.6. The molecule has 37 heavy (non-hydrogen) atoms. The van der Waals surface area contributed by atoms with E-state index in [1.54, 1.807) is 18.6 Å². The number of pyridine rings is 2. The highest BCUT2D eigenvalue weighted by atomic mass is 19.4. The van der Waals surface area contributed by atoms with Gasteiger partial charge in [0.25, 0.3) is 0 Å². The number of halogens is 3. The number of carbonyl (C=O) groups is 1. The lowest BCUT2D eigenvalue weighted by Crippen LogP contribution is -2.21. The predicted octanol–water partition coefficient (Wildman–Crippen LogP) is 3.80. The van der Waals surface area contributed by atoms with Crippen LogP contribution in [-0.2, 0) is 16.8 Å². The van der Waals surface area contributed by atoms with Crippen molar-refractivity contribution in [2.75, 3.05) is 5.73 Å². The number of nitrogens with two attached hydrogens (primary N) is 1. The highest BCUT2D eigenvalue weighted by Gasteiger charge is 2.38. The Kier molecular flexibility index (Phi) is 6.78. The van der Waals surface area contributed by atoms with Crippen molar-refractivity contribution in [3.05, 3.63) is 77.4 Å². The average molecular weight is 507 g/mol. The molecule has 0 bridgehead atoms. The van der Waals surface area contributed by atoms with Gasteiger partial charge in [-0.3, -0.25) is 4.98 Å². The normalized spacial score (nSPS) is 16.2. The van der Waals surface area contributed by atoms with Crippen LogP contribution in [0.25, 0.3) is 22.3 Å². The SMILES string of the molecule is Cc1cnc(N)c2nc(-c3cccc(C#C[C@]4(O)CCc5cccnc54)c3)ncc12.O=C(O)C(F)(F)F. The minimum Gasteiger partial charge on any atom is -0.475 e. The van der Waals surface area contributed by atoms with Gasteiger partial charge in [-0.1, -0.05) is 30.0 Å². The van der Waals surface area contributed by atoms with E-state index in [1.807, 2.05) is 43.3 Å². The monoisotopic (exact) mass is 507 g/mol. The molecule has 0 saturated heterocycles. The number of hydrogen-bond donors (Lipinski definition) is 3. The largest absolute Gasteiger partial charge is 0.490 e. The highest BCUT2D eigenvalue weighted by molar-refractivity contribution is 5.90. The number of benzene rings is 1. The van der Waals surface area contributed by atoms with Crippen LogP contribution in [0, 0.1) is 18.8 Å². The van der Waals surface area contributed by atoms with E-state index in [-0.39, 0.29) is 0 Å². The second-order valence-corrected chi connectivity index (χ2v) is 8.29. The fourth-order valence-electron chi connectivity index (χ4n) is 3.78. The summed E-state index contributed by atoms with van der Waals surface area (Å²) in [5.41, 5.74) is 9.71. The summed E-state index contributed by atoms with van der Waals surface area (Å²) in [6.45, 7) is 1.95. The maximum Gasteiger partial charge on any atom is 0.490 e. The van der Waals surface area contributed by atoms with Crippen molar-refractivity contribution in [3.63, 3.8) is 0 Å². The summed E-state index contributed by atoms with van der Waals surface area (Å²) in [6.07, 6.45) is 1.42. The molecule has 4 N–H and O–H groups in total. The summed E-state index contributed by atoms with van der Waals surface area (Å²) < 4.78 is 31.7. The van der Waals surface area contributed by atoms with E-state index in [4.69, 9.17) is 15.6 Å². The number of hydrogen-bond acceptors (Lipinski definition) is 7. The summed E-state index contributed by atoms with van der Waals surface area (Å²) >= 11 is 0. The molecular weight excluding hydrogens is 487 g/mol. The molecule has 1 aliphatic rings. The number of nitrogens with zero attached hydrogens (tertiary/aromatic N) is 4. The van der Waals surface area contributed by atoms with Crippen LogP contribution in [0.4, 0.5) is 19.0 Å². The fraction of sp³-hybridized carbons (Fsp3) is 0.192. The Morgan fingerprint density at radius 1 is 1.14 bits per heavy atom. The van der Waals surface area contributed by atoms with Gasteiger partial charge in [-0.05, 0) is 49.1 Å². The van der Waals surface area contributed by atoms with Gasteiger partial charge in [0.1, 0.15) is 11.3 Å². The molecule has 5 rings (SSSR count). The molecule has 1 aliphatic carbocycles. The molecule has 0 amide bonds. The Hall–Kier alpha value is -4.56. The molecule has 188 valence electrons. The quantitative estimate of drug-likeness (QED) is 0.331. The molecule has 8 nitrogen and oxygen atoms in total. The Morgan fingerprint density at radius 2 is 1.89 bits per heavy atom. The van der Waals surface area contributed by atoms with Crippen LogP contribution in [0.5, 0.6) is 0 Å². The number of carboxylic acid groups (broad SMARTS) is 1. The van der Waals surface area contributed by atoms with Crippen molar-refractivity contribution in [3.8, 4) is 23.2 Å². The van der Waals surface area contributed by atoms with E-state index in [9.17, 15) is 18.3 Å². The van der Waals surface area contributed by atoms with Gasteiger partial charge in [0.2, 0.25) is 0 Å². The van der Waals surface area contributed by atoms with E-state index in [1.165, 1.54) is 0 Å². The van der Waals surface area contributed by atoms with Gasteiger partial charge in [-0.25, -0.2) is 19.7 Å². The number of nitrogen functional groups attached to an aromatic ring is 1. The lowest BCUT2D eigenvalue weighted by molar-refractivity contribution is -0.192. The van der Waals surface area contributed by atoms with Crippen molar-refractivity contribution >= 4 is 22.7 Å². The Labute approximate surface area is 209 Å². The smallest absolute Gasteiger partial charge is 0.475 e. The summed E-state index contributed by atoms with van der Waals surface area (Å²) in [5.74, 6) is 4.31. The predicted molar refractivity (Wildman–Crippen MR) is 129 cm³/mol. The number of rotatable bonds is 1. The number of aromatic nitrogens is 4. The molecule has 1 aromatic carbocycles. The molecule has 0 saturated carbocycles. The lowest BCUT2D eigenvalue weighted by atomic mass is 10.0. The van der Waals surface area contributed by atoms with E-state index in [0.29, 0.717) is 29.3 Å². The molecule has 11 heteroatoms. The number of anilines is 1. The molecule has 0 unspecified atom stereocenters. The first-order chi connectivity index (χ1) is 17.5. The summed E-state index contributed by atoms with van der Waals surface area (Å²) in [7, 11) is 0. The fourth-order valence-corrected chi connectivity index (χ4v) is 3.78. The Balaban J connectivity index is 0.000000405. The highest BCUT2D eigenvalue weighted by Crippen LogP contribution is 2.34. The number of aryl methyl sites for hydroxylation is 2. The maximum absolute atomic E-state index is 11.0. The average Bonchev–Trinajstić information content (AvgIpc) is 3.22. The number of alkyl halides is 3. The van der Waals surface area contributed by atoms with Gasteiger partial charge >= 0.3 is 12.1 Å². The topological polar surface area (TPSA) is 135 Å². The third-order valence-corrected chi connectivity index (χ3v) is 5.67. The van der Waals surface area contributed by atoms with E-state index < -0.39 is 17.7 Å². The zero-order valence-electron chi connectivity index (χ0n) is 19.4. The van der Waals surface area contributed by atoms with Gasteiger partial charge in [0.15, 0.2) is 11.4 Å².